The van der Waals surface area contributed by atoms with Gasteiger partial charge in [-0.15, -0.1) is 0 Å². The van der Waals surface area contributed by atoms with Crippen molar-refractivity contribution < 1.29 is 18.0 Å². The van der Waals surface area contributed by atoms with Crippen LogP contribution in [0.25, 0.3) is 6.08 Å². The third-order valence-corrected chi connectivity index (χ3v) is 2.72. The molecule has 0 aliphatic rings. The number of nitrogens with two attached hydrogens (primary N) is 1. The molecule has 0 saturated carbocycles. The number of carbonyl (C=O) groups is 1. The van der Waals surface area contributed by atoms with Gasteiger partial charge >= 0.3 is 6.18 Å². The second-order valence-electron chi connectivity index (χ2n) is 3.40. The van der Waals surface area contributed by atoms with Crippen molar-refractivity contribution in [1.82, 2.24) is 4.98 Å². The second-order valence-corrected chi connectivity index (χ2v) is 4.60. The summed E-state index contributed by atoms with van der Waals surface area (Å²) in [4.78, 5) is 14.1. The van der Waals surface area contributed by atoms with Crippen LogP contribution < -0.4 is 5.73 Å². The number of nitrogens with zero attached hydrogens (tertiary/aromatic N) is 1. The van der Waals surface area contributed by atoms with E-state index in [4.69, 9.17) is 5.73 Å². The van der Waals surface area contributed by atoms with Crippen molar-refractivity contribution in [2.45, 2.75) is 13.1 Å². The molecule has 3 nitrogen and oxygen atoms in total. The maximum absolute atomic E-state index is 12.4. The summed E-state index contributed by atoms with van der Waals surface area (Å²) in [6.45, 7) is 1.42. The molecule has 1 aromatic heterocycles. The SMILES string of the molecule is CC(=O)SCC=Cc1cc(C(F)(F)F)cnc1N. The third-order valence-electron chi connectivity index (χ3n) is 1.96. The molecule has 0 amide bonds. The lowest BCUT2D eigenvalue weighted by atomic mass is 10.1. The van der Waals surface area contributed by atoms with Crippen LogP contribution in [0, 0.1) is 0 Å². The molecule has 2 N–H and O–H groups in total. The van der Waals surface area contributed by atoms with Crippen LogP contribution in [0.5, 0.6) is 0 Å². The standard InChI is InChI=1S/C11H11F3N2OS/c1-7(17)18-4-2-3-8-5-9(11(12,13)14)6-16-10(8)15/h2-3,5-6H,4H2,1H3,(H2,15,16). The summed E-state index contributed by atoms with van der Waals surface area (Å²) in [5, 5.41) is -0.0604. The topological polar surface area (TPSA) is 56.0 Å². The Labute approximate surface area is 106 Å². The Morgan fingerprint density at radius 3 is 2.78 bits per heavy atom. The predicted octanol–water partition coefficient (Wildman–Crippen LogP) is 2.98. The fraction of sp³-hybridized carbons (Fsp3) is 0.273. The Balaban J connectivity index is 2.85. The van der Waals surface area contributed by atoms with Gasteiger partial charge in [0.1, 0.15) is 5.82 Å². The molecular weight excluding hydrogens is 265 g/mol. The second kappa shape index (κ2) is 5.90. The van der Waals surface area contributed by atoms with Gasteiger partial charge in [0.25, 0.3) is 0 Å². The Kier molecular flexibility index (Phi) is 4.77. The normalized spacial score (nSPS) is 12.0. The molecule has 1 rings (SSSR count). The van der Waals surface area contributed by atoms with Gasteiger partial charge in [0.2, 0.25) is 0 Å². The van der Waals surface area contributed by atoms with Crippen LogP contribution in [0.1, 0.15) is 18.1 Å². The molecule has 0 fully saturated rings. The molecule has 0 spiro atoms. The Morgan fingerprint density at radius 2 is 2.22 bits per heavy atom. The van der Waals surface area contributed by atoms with E-state index < -0.39 is 11.7 Å². The van der Waals surface area contributed by atoms with Gasteiger partial charge in [-0.2, -0.15) is 13.2 Å². The van der Waals surface area contributed by atoms with Crippen LogP contribution in [0.2, 0.25) is 0 Å². The van der Waals surface area contributed by atoms with E-state index in [1.54, 1.807) is 6.08 Å². The predicted molar refractivity (Wildman–Crippen MR) is 65.8 cm³/mol. The van der Waals surface area contributed by atoms with E-state index in [0.29, 0.717) is 11.9 Å². The van der Waals surface area contributed by atoms with Crippen molar-refractivity contribution in [3.63, 3.8) is 0 Å². The molecule has 98 valence electrons. The molecule has 1 aromatic rings. The number of aromatic nitrogens is 1. The number of alkyl halides is 3. The average molecular weight is 276 g/mol. The largest absolute Gasteiger partial charge is 0.417 e. The van der Waals surface area contributed by atoms with Crippen molar-refractivity contribution >= 4 is 28.8 Å². The van der Waals surface area contributed by atoms with Gasteiger partial charge in [-0.1, -0.05) is 23.9 Å². The van der Waals surface area contributed by atoms with Gasteiger partial charge in [0.15, 0.2) is 5.12 Å². The van der Waals surface area contributed by atoms with Gasteiger partial charge in [0.05, 0.1) is 5.56 Å². The highest BCUT2D eigenvalue weighted by Crippen LogP contribution is 2.30. The smallest absolute Gasteiger partial charge is 0.383 e. The summed E-state index contributed by atoms with van der Waals surface area (Å²) < 4.78 is 37.3. The Bertz CT molecular complexity index is 472. The summed E-state index contributed by atoms with van der Waals surface area (Å²) in [7, 11) is 0. The summed E-state index contributed by atoms with van der Waals surface area (Å²) in [6, 6.07) is 0.928. The van der Waals surface area contributed by atoms with Crippen molar-refractivity contribution in [2.75, 3.05) is 11.5 Å². The van der Waals surface area contributed by atoms with E-state index in [1.165, 1.54) is 13.0 Å². The lowest BCUT2D eigenvalue weighted by Crippen LogP contribution is -2.07. The quantitative estimate of drug-likeness (QED) is 0.922. The van der Waals surface area contributed by atoms with Crippen LogP contribution in [-0.4, -0.2) is 15.9 Å². The highest BCUT2D eigenvalue weighted by atomic mass is 32.2. The molecule has 7 heteroatoms. The van der Waals surface area contributed by atoms with Crippen molar-refractivity contribution in [1.29, 1.82) is 0 Å². The molecule has 0 aliphatic carbocycles. The van der Waals surface area contributed by atoms with Gasteiger partial charge in [-0.05, 0) is 6.07 Å². The minimum absolute atomic E-state index is 0.0204. The molecule has 0 atom stereocenters. The summed E-state index contributed by atoms with van der Waals surface area (Å²) >= 11 is 1.06. The van der Waals surface area contributed by atoms with E-state index in [2.05, 4.69) is 4.98 Å². The van der Waals surface area contributed by atoms with Gasteiger partial charge < -0.3 is 5.73 Å². The van der Waals surface area contributed by atoms with Crippen LogP contribution >= 0.6 is 11.8 Å². The zero-order valence-electron chi connectivity index (χ0n) is 9.49. The van der Waals surface area contributed by atoms with Gasteiger partial charge in [-0.25, -0.2) is 4.98 Å². The van der Waals surface area contributed by atoms with Gasteiger partial charge in [0, 0.05) is 24.4 Å². The Morgan fingerprint density at radius 1 is 1.56 bits per heavy atom. The highest BCUT2D eigenvalue weighted by molar-refractivity contribution is 8.13. The number of rotatable bonds is 3. The molecule has 0 aliphatic heterocycles. The van der Waals surface area contributed by atoms with Crippen LogP contribution in [-0.2, 0) is 11.0 Å². The van der Waals surface area contributed by atoms with E-state index in [-0.39, 0.29) is 16.5 Å². The number of hydrogen-bond donors (Lipinski definition) is 1. The van der Waals surface area contributed by atoms with Crippen LogP contribution in [0.3, 0.4) is 0 Å². The monoisotopic (exact) mass is 276 g/mol. The maximum Gasteiger partial charge on any atom is 0.417 e. The van der Waals surface area contributed by atoms with Crippen LogP contribution in [0.15, 0.2) is 18.3 Å². The number of pyridine rings is 1. The van der Waals surface area contributed by atoms with E-state index in [1.807, 2.05) is 0 Å². The number of thioether (sulfide) groups is 1. The van der Waals surface area contributed by atoms with Crippen molar-refractivity contribution in [3.05, 3.63) is 29.5 Å². The molecule has 1 heterocycles. The molecular formula is C11H11F3N2OS. The first kappa shape index (κ1) is 14.6. The number of nitrogen functional groups attached to an aromatic ring is 1. The lowest BCUT2D eigenvalue weighted by molar-refractivity contribution is -0.137. The fourth-order valence-corrected chi connectivity index (χ4v) is 1.55. The first-order valence-electron chi connectivity index (χ1n) is 4.93. The first-order chi connectivity index (χ1) is 8.30. The molecule has 0 saturated heterocycles. The number of carbonyl (C=O) groups excluding carboxylic acids is 1. The molecule has 0 bridgehead atoms. The summed E-state index contributed by atoms with van der Waals surface area (Å²) in [5.41, 5.74) is 4.81. The van der Waals surface area contributed by atoms with Gasteiger partial charge in [-0.3, -0.25) is 4.79 Å². The van der Waals surface area contributed by atoms with E-state index in [0.717, 1.165) is 17.8 Å². The minimum Gasteiger partial charge on any atom is -0.383 e. The zero-order chi connectivity index (χ0) is 13.8. The zero-order valence-corrected chi connectivity index (χ0v) is 10.3. The number of hydrogen-bond acceptors (Lipinski definition) is 4. The minimum atomic E-state index is -4.45. The summed E-state index contributed by atoms with van der Waals surface area (Å²) in [6.07, 6.45) is -0.762. The number of anilines is 1. The Hall–Kier alpha value is -1.50. The first-order valence-corrected chi connectivity index (χ1v) is 5.92. The highest BCUT2D eigenvalue weighted by Gasteiger charge is 2.31. The molecule has 0 radical (unpaired) electrons. The van der Waals surface area contributed by atoms with E-state index in [9.17, 15) is 18.0 Å². The third kappa shape index (κ3) is 4.40. The fourth-order valence-electron chi connectivity index (χ4n) is 1.12. The van der Waals surface area contributed by atoms with Crippen molar-refractivity contribution in [2.24, 2.45) is 0 Å². The maximum atomic E-state index is 12.4. The molecule has 18 heavy (non-hydrogen) atoms. The number of halogens is 3. The average Bonchev–Trinajstić information content (AvgIpc) is 2.24. The summed E-state index contributed by atoms with van der Waals surface area (Å²) in [5.74, 6) is 0.400. The lowest BCUT2D eigenvalue weighted by Gasteiger charge is -2.07. The van der Waals surface area contributed by atoms with Crippen molar-refractivity contribution in [3.8, 4) is 0 Å². The van der Waals surface area contributed by atoms with E-state index >= 15 is 0 Å². The van der Waals surface area contributed by atoms with Crippen LogP contribution in [0.4, 0.5) is 19.0 Å². The molecule has 0 aromatic carbocycles. The molecule has 0 unspecified atom stereocenters.